The number of ether oxygens (including phenoxy) is 1. The maximum Gasteiger partial charge on any atom is 0.193 e. The number of carbonyl (C=O) groups is 1. The molecule has 0 radical (unpaired) electrons. The molecule has 7 nitrogen and oxygen atoms in total. The highest BCUT2D eigenvalue weighted by molar-refractivity contribution is 7.99. The molecule has 3 aromatic heterocycles. The fourth-order valence-electron chi connectivity index (χ4n) is 3.52. The van der Waals surface area contributed by atoms with E-state index in [2.05, 4.69) is 21.8 Å². The summed E-state index contributed by atoms with van der Waals surface area (Å²) < 4.78 is 9.21. The van der Waals surface area contributed by atoms with E-state index in [-0.39, 0.29) is 11.5 Å². The van der Waals surface area contributed by atoms with Crippen LogP contribution in [0.5, 0.6) is 5.75 Å². The largest absolute Gasteiger partial charge is 0.497 e. The van der Waals surface area contributed by atoms with Crippen molar-refractivity contribution in [2.75, 3.05) is 12.9 Å². The van der Waals surface area contributed by atoms with Crippen LogP contribution in [0.25, 0.3) is 16.5 Å². The van der Waals surface area contributed by atoms with Gasteiger partial charge in [-0.1, -0.05) is 17.8 Å². The van der Waals surface area contributed by atoms with Crippen molar-refractivity contribution in [3.05, 3.63) is 71.5 Å². The van der Waals surface area contributed by atoms with Crippen LogP contribution in [0.15, 0.2) is 59.7 Å². The number of ketones is 1. The average molecular weight is 466 g/mol. The zero-order valence-electron chi connectivity index (χ0n) is 18.1. The molecule has 4 aromatic rings. The SMILES string of the molecule is C=CCn1c(SCC(=O)c2cc(C)n(-c3nccs3)c2C)nnc1-c1ccc(OC)cc1. The quantitative estimate of drug-likeness (QED) is 0.197. The number of benzene rings is 1. The number of rotatable bonds is 9. The Morgan fingerprint density at radius 1 is 1.25 bits per heavy atom. The highest BCUT2D eigenvalue weighted by Gasteiger charge is 2.20. The zero-order valence-corrected chi connectivity index (χ0v) is 19.7. The van der Waals surface area contributed by atoms with E-state index >= 15 is 0 Å². The first-order chi connectivity index (χ1) is 15.5. The van der Waals surface area contributed by atoms with Gasteiger partial charge in [0.25, 0.3) is 0 Å². The van der Waals surface area contributed by atoms with Gasteiger partial charge in [-0.3, -0.25) is 13.9 Å². The lowest BCUT2D eigenvalue weighted by atomic mass is 10.2. The van der Waals surface area contributed by atoms with Crippen LogP contribution in [-0.4, -0.2) is 43.0 Å². The molecule has 0 atom stereocenters. The smallest absolute Gasteiger partial charge is 0.193 e. The van der Waals surface area contributed by atoms with Gasteiger partial charge in [-0.2, -0.15) is 0 Å². The standard InChI is InChI=1S/C23H23N5O2S2/c1-5-11-27-21(17-6-8-18(30-4)9-7-17)25-26-23(27)32-14-20(29)19-13-15(2)28(16(19)3)22-24-10-12-31-22/h5-10,12-13H,1,11,14H2,2-4H3. The van der Waals surface area contributed by atoms with Gasteiger partial charge < -0.3 is 4.74 Å². The zero-order chi connectivity index (χ0) is 22.7. The number of thiazole rings is 1. The summed E-state index contributed by atoms with van der Waals surface area (Å²) in [6.45, 7) is 8.33. The Morgan fingerprint density at radius 2 is 2.03 bits per heavy atom. The highest BCUT2D eigenvalue weighted by Crippen LogP contribution is 2.28. The lowest BCUT2D eigenvalue weighted by Crippen LogP contribution is -2.07. The molecule has 0 saturated carbocycles. The predicted molar refractivity (Wildman–Crippen MR) is 128 cm³/mol. The summed E-state index contributed by atoms with van der Waals surface area (Å²) in [5.41, 5.74) is 3.51. The van der Waals surface area contributed by atoms with E-state index < -0.39 is 0 Å². The second-order valence-corrected chi connectivity index (χ2v) is 8.90. The number of aryl methyl sites for hydroxylation is 1. The van der Waals surface area contributed by atoms with Crippen molar-refractivity contribution in [3.63, 3.8) is 0 Å². The first kappa shape index (κ1) is 22.0. The molecule has 9 heteroatoms. The van der Waals surface area contributed by atoms with Gasteiger partial charge in [0.15, 0.2) is 21.9 Å². The third-order valence-electron chi connectivity index (χ3n) is 5.05. The predicted octanol–water partition coefficient (Wildman–Crippen LogP) is 4.98. The van der Waals surface area contributed by atoms with Crippen molar-refractivity contribution in [1.82, 2.24) is 24.3 Å². The second kappa shape index (κ2) is 9.54. The van der Waals surface area contributed by atoms with E-state index in [0.717, 1.165) is 33.7 Å². The highest BCUT2D eigenvalue weighted by atomic mass is 32.2. The Labute approximate surface area is 194 Å². The second-order valence-electron chi connectivity index (χ2n) is 7.08. The first-order valence-corrected chi connectivity index (χ1v) is 11.8. The molecular weight excluding hydrogens is 442 g/mol. The van der Waals surface area contributed by atoms with Crippen LogP contribution >= 0.6 is 23.1 Å². The van der Waals surface area contributed by atoms with Gasteiger partial charge in [-0.15, -0.1) is 28.1 Å². The molecule has 4 rings (SSSR count). The average Bonchev–Trinajstić information content (AvgIpc) is 3.52. The summed E-state index contributed by atoms with van der Waals surface area (Å²) in [5.74, 6) is 1.81. The minimum atomic E-state index is 0.0463. The number of hydrogen-bond donors (Lipinski definition) is 0. The summed E-state index contributed by atoms with van der Waals surface area (Å²) in [7, 11) is 1.63. The summed E-state index contributed by atoms with van der Waals surface area (Å²) in [6, 6.07) is 9.58. The Morgan fingerprint density at radius 3 is 2.69 bits per heavy atom. The Kier molecular flexibility index (Phi) is 6.57. The minimum Gasteiger partial charge on any atom is -0.497 e. The number of nitrogens with zero attached hydrogens (tertiary/aromatic N) is 5. The van der Waals surface area contributed by atoms with E-state index in [9.17, 15) is 4.79 Å². The molecule has 0 aliphatic rings. The van der Waals surface area contributed by atoms with Gasteiger partial charge in [-0.25, -0.2) is 4.98 Å². The molecule has 32 heavy (non-hydrogen) atoms. The van der Waals surface area contributed by atoms with Gasteiger partial charge in [-0.05, 0) is 44.2 Å². The molecule has 0 aliphatic carbocycles. The monoisotopic (exact) mass is 465 g/mol. The third kappa shape index (κ3) is 4.26. The third-order valence-corrected chi connectivity index (χ3v) is 6.77. The molecule has 0 spiro atoms. The number of thioether (sulfide) groups is 1. The lowest BCUT2D eigenvalue weighted by Gasteiger charge is -2.08. The lowest BCUT2D eigenvalue weighted by molar-refractivity contribution is 0.102. The minimum absolute atomic E-state index is 0.0463. The van der Waals surface area contributed by atoms with Crippen LogP contribution in [0.4, 0.5) is 0 Å². The van der Waals surface area contributed by atoms with Gasteiger partial charge in [0.2, 0.25) is 0 Å². The normalized spacial score (nSPS) is 11.0. The van der Waals surface area contributed by atoms with E-state index in [1.165, 1.54) is 11.8 Å². The van der Waals surface area contributed by atoms with E-state index in [0.29, 0.717) is 17.3 Å². The molecule has 0 bridgehead atoms. The number of hydrogen-bond acceptors (Lipinski definition) is 7. The van der Waals surface area contributed by atoms with Gasteiger partial charge in [0.1, 0.15) is 5.75 Å². The van der Waals surface area contributed by atoms with E-state index in [1.54, 1.807) is 30.7 Å². The van der Waals surface area contributed by atoms with Crippen molar-refractivity contribution in [3.8, 4) is 22.3 Å². The van der Waals surface area contributed by atoms with Crippen LogP contribution in [0.3, 0.4) is 0 Å². The van der Waals surface area contributed by atoms with E-state index in [4.69, 9.17) is 4.74 Å². The Bertz CT molecular complexity index is 1240. The first-order valence-electron chi connectivity index (χ1n) is 9.96. The van der Waals surface area contributed by atoms with Crippen molar-refractivity contribution < 1.29 is 9.53 Å². The fraction of sp³-hybridized carbons (Fsp3) is 0.217. The molecule has 0 amide bonds. The molecular formula is C23H23N5O2S2. The van der Waals surface area contributed by atoms with Crippen LogP contribution in [0.1, 0.15) is 21.7 Å². The fourth-order valence-corrected chi connectivity index (χ4v) is 5.10. The van der Waals surface area contributed by atoms with Crippen LogP contribution in [-0.2, 0) is 6.54 Å². The van der Waals surface area contributed by atoms with Crippen molar-refractivity contribution >= 4 is 28.9 Å². The van der Waals surface area contributed by atoms with Gasteiger partial charge >= 0.3 is 0 Å². The van der Waals surface area contributed by atoms with Crippen molar-refractivity contribution in [1.29, 1.82) is 0 Å². The number of carbonyl (C=O) groups excluding carboxylic acids is 1. The molecule has 0 saturated heterocycles. The summed E-state index contributed by atoms with van der Waals surface area (Å²) >= 11 is 2.93. The molecule has 0 N–H and O–H groups in total. The topological polar surface area (TPSA) is 74.8 Å². The Hall–Kier alpha value is -3.17. The summed E-state index contributed by atoms with van der Waals surface area (Å²) in [6.07, 6.45) is 3.56. The van der Waals surface area contributed by atoms with Crippen LogP contribution in [0.2, 0.25) is 0 Å². The molecule has 0 fully saturated rings. The van der Waals surface area contributed by atoms with Gasteiger partial charge in [0, 0.05) is 40.6 Å². The maximum atomic E-state index is 13.0. The molecule has 164 valence electrons. The van der Waals surface area contributed by atoms with E-state index in [1.807, 2.05) is 58.7 Å². The number of methoxy groups -OCH3 is 1. The molecule has 3 heterocycles. The van der Waals surface area contributed by atoms with Crippen molar-refractivity contribution in [2.24, 2.45) is 0 Å². The van der Waals surface area contributed by atoms with Crippen LogP contribution in [0, 0.1) is 13.8 Å². The van der Waals surface area contributed by atoms with Crippen LogP contribution < -0.4 is 4.74 Å². The molecule has 1 aromatic carbocycles. The molecule has 0 unspecified atom stereocenters. The Balaban J connectivity index is 1.55. The summed E-state index contributed by atoms with van der Waals surface area (Å²) in [4.78, 5) is 17.4. The maximum absolute atomic E-state index is 13.0. The number of allylic oxidation sites excluding steroid dienone is 1. The van der Waals surface area contributed by atoms with Gasteiger partial charge in [0.05, 0.1) is 12.9 Å². The molecule has 0 aliphatic heterocycles. The summed E-state index contributed by atoms with van der Waals surface area (Å²) in [5, 5.41) is 12.2. The number of Topliss-reactive ketones (excluding diaryl/α,β-unsaturated/α-hetero) is 1. The van der Waals surface area contributed by atoms with Crippen molar-refractivity contribution in [2.45, 2.75) is 25.5 Å². The number of aromatic nitrogens is 5.